The number of nitrogens with zero attached hydrogens (tertiary/aromatic N) is 3. The highest BCUT2D eigenvalue weighted by molar-refractivity contribution is 5.79. The van der Waals surface area contributed by atoms with Crippen LogP contribution in [0.2, 0.25) is 0 Å². The normalized spacial score (nSPS) is 17.0. The van der Waals surface area contributed by atoms with Gasteiger partial charge in [-0.25, -0.2) is 9.78 Å². The third kappa shape index (κ3) is 4.99. The molecule has 1 N–H and O–H groups in total. The predicted molar refractivity (Wildman–Crippen MR) is 99.1 cm³/mol. The minimum absolute atomic E-state index is 0.0238. The smallest absolute Gasteiger partial charge is 0.422 e. The third-order valence-electron chi connectivity index (χ3n) is 4.85. The van der Waals surface area contributed by atoms with E-state index in [-0.39, 0.29) is 24.9 Å². The second-order valence-electron chi connectivity index (χ2n) is 6.82. The first-order chi connectivity index (χ1) is 13.8. The van der Waals surface area contributed by atoms with Crippen LogP contribution in [0.3, 0.4) is 0 Å². The number of rotatable bonds is 6. The van der Waals surface area contributed by atoms with Crippen molar-refractivity contribution in [3.05, 3.63) is 30.1 Å². The van der Waals surface area contributed by atoms with Crippen molar-refractivity contribution in [2.75, 3.05) is 19.7 Å². The van der Waals surface area contributed by atoms with Crippen LogP contribution in [0.15, 0.2) is 24.3 Å². The Bertz CT molecular complexity index is 881. The highest BCUT2D eigenvalue weighted by atomic mass is 19.4. The van der Waals surface area contributed by atoms with Crippen LogP contribution in [0.4, 0.5) is 18.0 Å². The predicted octanol–water partition coefficient (Wildman–Crippen LogP) is 3.40. The summed E-state index contributed by atoms with van der Waals surface area (Å²) in [6, 6.07) is 7.63. The number of hydrogen-bond donors (Lipinski definition) is 1. The molecule has 0 radical (unpaired) electrons. The molecule has 1 unspecified atom stereocenters. The molecule has 0 spiro atoms. The van der Waals surface area contributed by atoms with Gasteiger partial charge in [0.2, 0.25) is 5.91 Å². The van der Waals surface area contributed by atoms with Crippen molar-refractivity contribution in [3.63, 3.8) is 0 Å². The van der Waals surface area contributed by atoms with Gasteiger partial charge in [-0.15, -0.1) is 0 Å². The van der Waals surface area contributed by atoms with E-state index in [1.165, 1.54) is 0 Å². The molecule has 1 aliphatic rings. The van der Waals surface area contributed by atoms with E-state index in [9.17, 15) is 22.8 Å². The molecule has 1 saturated heterocycles. The molecule has 1 fully saturated rings. The van der Waals surface area contributed by atoms with Crippen LogP contribution in [-0.4, -0.2) is 52.3 Å². The summed E-state index contributed by atoms with van der Waals surface area (Å²) in [6.45, 7) is 1.57. The lowest BCUT2D eigenvalue weighted by atomic mass is 10.2. The number of carbonyl (C=O) groups excluding carboxylic acids is 2. The standard InChI is InChI=1S/C19H23F3N4O3/c1-2-25-14-7-4-3-6-13(14)24-17(25)15-8-5-11-26(15)16(27)9-10-23-18(28)29-12-19(20,21)22/h3-4,6-7,15H,2,5,8-12H2,1H3,(H,23,28). The summed E-state index contributed by atoms with van der Waals surface area (Å²) in [5, 5.41) is 2.18. The highest BCUT2D eigenvalue weighted by Gasteiger charge is 2.33. The van der Waals surface area contributed by atoms with Crippen LogP contribution in [0.25, 0.3) is 11.0 Å². The number of aromatic nitrogens is 2. The first-order valence-electron chi connectivity index (χ1n) is 9.52. The van der Waals surface area contributed by atoms with Crippen LogP contribution in [-0.2, 0) is 16.1 Å². The van der Waals surface area contributed by atoms with E-state index in [0.29, 0.717) is 6.54 Å². The molecule has 0 saturated carbocycles. The summed E-state index contributed by atoms with van der Waals surface area (Å²) >= 11 is 0. The average molecular weight is 412 g/mol. The Morgan fingerprint density at radius 2 is 2.07 bits per heavy atom. The Morgan fingerprint density at radius 3 is 2.79 bits per heavy atom. The topological polar surface area (TPSA) is 76.5 Å². The van der Waals surface area contributed by atoms with Gasteiger partial charge in [0, 0.05) is 26.1 Å². The first kappa shape index (κ1) is 20.9. The van der Waals surface area contributed by atoms with Crippen molar-refractivity contribution in [2.45, 2.75) is 44.9 Å². The number of carbonyl (C=O) groups is 2. The zero-order valence-corrected chi connectivity index (χ0v) is 16.0. The zero-order valence-electron chi connectivity index (χ0n) is 16.0. The second kappa shape index (κ2) is 8.71. The molecule has 0 aliphatic carbocycles. The van der Waals surface area contributed by atoms with Crippen molar-refractivity contribution >= 4 is 23.0 Å². The van der Waals surface area contributed by atoms with Crippen LogP contribution >= 0.6 is 0 Å². The zero-order chi connectivity index (χ0) is 21.0. The number of ether oxygens (including phenoxy) is 1. The van der Waals surface area contributed by atoms with Crippen molar-refractivity contribution in [1.82, 2.24) is 19.8 Å². The number of hydrogen-bond acceptors (Lipinski definition) is 4. The maximum Gasteiger partial charge on any atom is 0.422 e. The Morgan fingerprint density at radius 1 is 1.31 bits per heavy atom. The number of halogens is 3. The van der Waals surface area contributed by atoms with E-state index in [2.05, 4.69) is 14.6 Å². The van der Waals surface area contributed by atoms with E-state index in [1.54, 1.807) is 4.90 Å². The van der Waals surface area contributed by atoms with Gasteiger partial charge in [0.1, 0.15) is 5.82 Å². The molecular weight excluding hydrogens is 389 g/mol. The van der Waals surface area contributed by atoms with Crippen LogP contribution in [0.5, 0.6) is 0 Å². The molecule has 7 nitrogen and oxygen atoms in total. The largest absolute Gasteiger partial charge is 0.440 e. The lowest BCUT2D eigenvalue weighted by Crippen LogP contribution is -2.36. The molecule has 3 rings (SSSR count). The van der Waals surface area contributed by atoms with Crippen LogP contribution in [0, 0.1) is 0 Å². The van der Waals surface area contributed by atoms with Gasteiger partial charge in [0.15, 0.2) is 6.61 Å². The minimum atomic E-state index is -4.58. The van der Waals surface area contributed by atoms with Crippen molar-refractivity contribution in [1.29, 1.82) is 0 Å². The summed E-state index contributed by atoms with van der Waals surface area (Å²) in [4.78, 5) is 30.4. The van der Waals surface area contributed by atoms with Gasteiger partial charge < -0.3 is 19.5 Å². The molecule has 0 bridgehead atoms. The van der Waals surface area contributed by atoms with E-state index >= 15 is 0 Å². The number of fused-ring (bicyclic) bond motifs is 1. The lowest BCUT2D eigenvalue weighted by Gasteiger charge is -2.25. The van der Waals surface area contributed by atoms with Gasteiger partial charge in [0.25, 0.3) is 0 Å². The quantitative estimate of drug-likeness (QED) is 0.789. The molecule has 2 heterocycles. The van der Waals surface area contributed by atoms with Crippen molar-refractivity contribution < 1.29 is 27.5 Å². The second-order valence-corrected chi connectivity index (χ2v) is 6.82. The number of alkyl carbamates (subject to hydrolysis) is 1. The number of imidazole rings is 1. The van der Waals surface area contributed by atoms with Gasteiger partial charge in [-0.1, -0.05) is 12.1 Å². The van der Waals surface area contributed by atoms with E-state index in [0.717, 1.165) is 36.2 Å². The summed E-state index contributed by atoms with van der Waals surface area (Å²) in [6.07, 6.45) is -4.17. The number of amides is 2. The van der Waals surface area contributed by atoms with E-state index < -0.39 is 18.9 Å². The number of nitrogens with one attached hydrogen (secondary N) is 1. The molecule has 1 aliphatic heterocycles. The first-order valence-corrected chi connectivity index (χ1v) is 9.52. The SMILES string of the molecule is CCn1c(C2CCCN2C(=O)CCNC(=O)OCC(F)(F)F)nc2ccccc21. The van der Waals surface area contributed by atoms with Gasteiger partial charge in [-0.3, -0.25) is 4.79 Å². The lowest BCUT2D eigenvalue weighted by molar-refractivity contribution is -0.160. The van der Waals surface area contributed by atoms with Crippen LogP contribution < -0.4 is 5.32 Å². The Labute approximate surface area is 165 Å². The molecule has 29 heavy (non-hydrogen) atoms. The molecule has 10 heteroatoms. The monoisotopic (exact) mass is 412 g/mol. The van der Waals surface area contributed by atoms with Gasteiger partial charge >= 0.3 is 12.3 Å². The molecule has 1 aromatic carbocycles. The number of para-hydroxylation sites is 2. The summed E-state index contributed by atoms with van der Waals surface area (Å²) in [5.41, 5.74) is 1.89. The average Bonchev–Trinajstić information content (AvgIpc) is 3.29. The molecule has 1 atom stereocenters. The molecular formula is C19H23F3N4O3. The highest BCUT2D eigenvalue weighted by Crippen LogP contribution is 2.33. The summed E-state index contributed by atoms with van der Waals surface area (Å²) in [5.74, 6) is 0.649. The molecule has 2 aromatic rings. The number of benzene rings is 1. The number of aryl methyl sites for hydroxylation is 1. The van der Waals surface area contributed by atoms with Gasteiger partial charge in [0.05, 0.1) is 17.1 Å². The molecule has 1 aromatic heterocycles. The Hall–Kier alpha value is -2.78. The fourth-order valence-corrected chi connectivity index (χ4v) is 3.63. The van der Waals surface area contributed by atoms with Crippen LogP contribution in [0.1, 0.15) is 38.1 Å². The number of alkyl halides is 3. The maximum absolute atomic E-state index is 12.7. The van der Waals surface area contributed by atoms with Gasteiger partial charge in [-0.2, -0.15) is 13.2 Å². The minimum Gasteiger partial charge on any atom is -0.440 e. The summed E-state index contributed by atoms with van der Waals surface area (Å²) in [7, 11) is 0. The van der Waals surface area contributed by atoms with E-state index in [1.807, 2.05) is 31.2 Å². The fourth-order valence-electron chi connectivity index (χ4n) is 3.63. The fraction of sp³-hybridized carbons (Fsp3) is 0.526. The Kier molecular flexibility index (Phi) is 6.29. The maximum atomic E-state index is 12.7. The van der Waals surface area contributed by atoms with E-state index in [4.69, 9.17) is 4.98 Å². The third-order valence-corrected chi connectivity index (χ3v) is 4.85. The van der Waals surface area contributed by atoms with Crippen molar-refractivity contribution in [2.24, 2.45) is 0 Å². The summed E-state index contributed by atoms with van der Waals surface area (Å²) < 4.78 is 42.3. The Balaban J connectivity index is 1.61. The molecule has 2 amide bonds. The van der Waals surface area contributed by atoms with Crippen molar-refractivity contribution in [3.8, 4) is 0 Å². The van der Waals surface area contributed by atoms with Gasteiger partial charge in [-0.05, 0) is 31.9 Å². The molecule has 158 valence electrons. The number of likely N-dealkylation sites (tertiary alicyclic amines) is 1.